The lowest BCUT2D eigenvalue weighted by Gasteiger charge is -2.25. The van der Waals surface area contributed by atoms with E-state index in [1.54, 1.807) is 10.5 Å². The molecule has 19 heavy (non-hydrogen) atoms. The van der Waals surface area contributed by atoms with Crippen LogP contribution in [0.5, 0.6) is 0 Å². The summed E-state index contributed by atoms with van der Waals surface area (Å²) in [6.45, 7) is 2.59. The van der Waals surface area contributed by atoms with Crippen molar-refractivity contribution in [2.45, 2.75) is 56.7 Å². The van der Waals surface area contributed by atoms with Crippen molar-refractivity contribution in [1.29, 1.82) is 0 Å². The first-order chi connectivity index (χ1) is 9.09. The van der Waals surface area contributed by atoms with Gasteiger partial charge in [0, 0.05) is 18.4 Å². The summed E-state index contributed by atoms with van der Waals surface area (Å²) < 4.78 is 27.1. The second-order valence-corrected chi connectivity index (χ2v) is 7.84. The average molecular weight is 283 g/mol. The Morgan fingerprint density at radius 2 is 2.00 bits per heavy atom. The van der Waals surface area contributed by atoms with Gasteiger partial charge in [-0.15, -0.1) is 0 Å². The van der Waals surface area contributed by atoms with E-state index in [2.05, 4.69) is 9.97 Å². The number of H-pyrrole nitrogens is 1. The molecule has 0 aromatic carbocycles. The summed E-state index contributed by atoms with van der Waals surface area (Å²) in [5.41, 5.74) is 0.986. The number of aromatic amines is 1. The molecule has 1 atom stereocenters. The highest BCUT2D eigenvalue weighted by Gasteiger charge is 2.41. The number of rotatable bonds is 3. The van der Waals surface area contributed by atoms with E-state index in [0.717, 1.165) is 50.0 Å². The maximum atomic E-state index is 12.7. The normalized spacial score (nSPS) is 26.3. The Morgan fingerprint density at radius 3 is 2.63 bits per heavy atom. The van der Waals surface area contributed by atoms with Crippen LogP contribution in [0.2, 0.25) is 0 Å². The molecule has 1 aliphatic carbocycles. The van der Waals surface area contributed by atoms with E-state index >= 15 is 0 Å². The van der Waals surface area contributed by atoms with Crippen LogP contribution in [0.15, 0.2) is 6.20 Å². The van der Waals surface area contributed by atoms with Crippen molar-refractivity contribution in [2.75, 3.05) is 6.54 Å². The number of aryl methyl sites for hydroxylation is 1. The highest BCUT2D eigenvalue weighted by atomic mass is 32.2. The Morgan fingerprint density at radius 1 is 1.26 bits per heavy atom. The van der Waals surface area contributed by atoms with Gasteiger partial charge in [-0.25, -0.2) is 13.4 Å². The number of hydrogen-bond acceptors (Lipinski definition) is 3. The molecule has 3 rings (SSSR count). The van der Waals surface area contributed by atoms with Crippen LogP contribution in [0, 0.1) is 6.92 Å². The van der Waals surface area contributed by atoms with Crippen molar-refractivity contribution in [3.05, 3.63) is 17.7 Å². The summed E-state index contributed by atoms with van der Waals surface area (Å²) >= 11 is 0. The molecule has 2 heterocycles. The molecule has 1 saturated heterocycles. The quantitative estimate of drug-likeness (QED) is 0.924. The number of nitrogens with zero attached hydrogens (tertiary/aromatic N) is 2. The zero-order valence-electron chi connectivity index (χ0n) is 11.3. The molecular formula is C13H21N3O2S. The molecule has 5 nitrogen and oxygen atoms in total. The molecule has 6 heteroatoms. The summed E-state index contributed by atoms with van der Waals surface area (Å²) in [5.74, 6) is 0.802. The van der Waals surface area contributed by atoms with E-state index in [0.29, 0.717) is 6.54 Å². The Labute approximate surface area is 114 Å². The molecule has 0 spiro atoms. The number of hydrogen-bond donors (Lipinski definition) is 1. The summed E-state index contributed by atoms with van der Waals surface area (Å²) in [4.78, 5) is 7.52. The van der Waals surface area contributed by atoms with Gasteiger partial charge >= 0.3 is 0 Å². The van der Waals surface area contributed by atoms with Gasteiger partial charge in [-0.2, -0.15) is 4.31 Å². The fraction of sp³-hybridized carbons (Fsp3) is 0.769. The van der Waals surface area contributed by atoms with Crippen LogP contribution in [0.4, 0.5) is 0 Å². The van der Waals surface area contributed by atoms with Crippen LogP contribution in [-0.2, 0) is 10.0 Å². The maximum Gasteiger partial charge on any atom is 0.217 e. The lowest BCUT2D eigenvalue weighted by Crippen LogP contribution is -2.37. The molecule has 0 amide bonds. The van der Waals surface area contributed by atoms with Gasteiger partial charge in [0.1, 0.15) is 5.82 Å². The van der Waals surface area contributed by atoms with Crippen LogP contribution in [0.3, 0.4) is 0 Å². The Kier molecular flexibility index (Phi) is 3.39. The number of imidazole rings is 1. The van der Waals surface area contributed by atoms with Crippen LogP contribution in [0.1, 0.15) is 56.1 Å². The molecule has 0 radical (unpaired) electrons. The lowest BCUT2D eigenvalue weighted by molar-refractivity contribution is 0.378. The van der Waals surface area contributed by atoms with Crippen molar-refractivity contribution in [2.24, 2.45) is 0 Å². The van der Waals surface area contributed by atoms with E-state index in [1.807, 2.05) is 6.92 Å². The zero-order valence-corrected chi connectivity index (χ0v) is 12.1. The van der Waals surface area contributed by atoms with Gasteiger partial charge in [-0.3, -0.25) is 0 Å². The van der Waals surface area contributed by atoms with Crippen molar-refractivity contribution in [3.63, 3.8) is 0 Å². The van der Waals surface area contributed by atoms with Crippen LogP contribution < -0.4 is 0 Å². The molecule has 1 N–H and O–H groups in total. The van der Waals surface area contributed by atoms with Crippen molar-refractivity contribution in [3.8, 4) is 0 Å². The third-order valence-electron chi connectivity index (χ3n) is 4.29. The molecule has 1 aromatic heterocycles. The summed E-state index contributed by atoms with van der Waals surface area (Å²) in [6.07, 6.45) is 7.30. The molecular weight excluding hydrogens is 262 g/mol. The van der Waals surface area contributed by atoms with Crippen molar-refractivity contribution < 1.29 is 8.42 Å². The smallest absolute Gasteiger partial charge is 0.217 e. The summed E-state index contributed by atoms with van der Waals surface area (Å²) in [6, 6.07) is -0.0840. The summed E-state index contributed by atoms with van der Waals surface area (Å²) in [5, 5.41) is -0.163. The van der Waals surface area contributed by atoms with E-state index < -0.39 is 10.0 Å². The first kappa shape index (κ1) is 13.1. The third kappa shape index (κ3) is 2.31. The van der Waals surface area contributed by atoms with E-state index in [-0.39, 0.29) is 11.3 Å². The van der Waals surface area contributed by atoms with E-state index in [4.69, 9.17) is 0 Å². The third-order valence-corrected chi connectivity index (χ3v) is 6.70. The molecule has 0 unspecified atom stereocenters. The highest BCUT2D eigenvalue weighted by molar-refractivity contribution is 7.89. The molecule has 2 aliphatic rings. The van der Waals surface area contributed by atoms with Crippen molar-refractivity contribution in [1.82, 2.24) is 14.3 Å². The van der Waals surface area contributed by atoms with E-state index in [9.17, 15) is 8.42 Å². The number of aromatic nitrogens is 2. The summed E-state index contributed by atoms with van der Waals surface area (Å²) in [7, 11) is -3.15. The number of nitrogens with one attached hydrogen (secondary N) is 1. The van der Waals surface area contributed by atoms with Crippen LogP contribution in [0.25, 0.3) is 0 Å². The van der Waals surface area contributed by atoms with Crippen LogP contribution >= 0.6 is 0 Å². The predicted molar refractivity (Wildman–Crippen MR) is 73.2 cm³/mol. The van der Waals surface area contributed by atoms with Gasteiger partial charge in [0.25, 0.3) is 0 Å². The van der Waals surface area contributed by atoms with Crippen molar-refractivity contribution >= 4 is 10.0 Å². The molecule has 1 aliphatic heterocycles. The topological polar surface area (TPSA) is 66.1 Å². The first-order valence-electron chi connectivity index (χ1n) is 7.11. The zero-order chi connectivity index (χ0) is 13.5. The largest absolute Gasteiger partial charge is 0.345 e. The Balaban J connectivity index is 1.86. The first-order valence-corrected chi connectivity index (χ1v) is 8.61. The van der Waals surface area contributed by atoms with Gasteiger partial charge in [-0.05, 0) is 32.6 Å². The van der Waals surface area contributed by atoms with Gasteiger partial charge < -0.3 is 4.98 Å². The average Bonchev–Trinajstić information content (AvgIpc) is 3.10. The standard InChI is InChI=1S/C13H21N3O2S/c1-10-9-14-13(15-10)12-7-4-8-16(12)19(17,18)11-5-2-3-6-11/h9,11-12H,2-8H2,1H3,(H,14,15)/t12-/m1/s1. The van der Waals surface area contributed by atoms with E-state index in [1.165, 1.54) is 0 Å². The molecule has 106 valence electrons. The molecule has 1 aromatic rings. The minimum absolute atomic E-state index is 0.0840. The van der Waals surface area contributed by atoms with Gasteiger partial charge in [0.15, 0.2) is 0 Å². The molecule has 0 bridgehead atoms. The Bertz CT molecular complexity index is 546. The number of sulfonamides is 1. The monoisotopic (exact) mass is 283 g/mol. The minimum Gasteiger partial charge on any atom is -0.345 e. The fourth-order valence-electron chi connectivity index (χ4n) is 3.30. The fourth-order valence-corrected chi connectivity index (χ4v) is 5.55. The lowest BCUT2D eigenvalue weighted by atomic mass is 10.2. The predicted octanol–water partition coefficient (Wildman–Crippen LogP) is 2.13. The highest BCUT2D eigenvalue weighted by Crippen LogP contribution is 2.37. The molecule has 2 fully saturated rings. The van der Waals surface area contributed by atoms with Crippen LogP contribution in [-0.4, -0.2) is 34.5 Å². The van der Waals surface area contributed by atoms with Gasteiger partial charge in [0.2, 0.25) is 10.0 Å². The second kappa shape index (κ2) is 4.90. The Hall–Kier alpha value is -0.880. The second-order valence-electron chi connectivity index (χ2n) is 5.67. The minimum atomic E-state index is -3.15. The van der Waals surface area contributed by atoms with Gasteiger partial charge in [0.05, 0.1) is 11.3 Å². The van der Waals surface area contributed by atoms with Gasteiger partial charge in [-0.1, -0.05) is 12.8 Å². The maximum absolute atomic E-state index is 12.7. The SMILES string of the molecule is Cc1cnc([C@H]2CCCN2S(=O)(=O)C2CCCC2)[nH]1. The molecule has 1 saturated carbocycles.